The van der Waals surface area contributed by atoms with Gasteiger partial charge in [0.15, 0.2) is 9.84 Å². The zero-order valence-corrected chi connectivity index (χ0v) is 9.44. The molecular formula is C10H11N3O2S. The highest BCUT2D eigenvalue weighted by molar-refractivity contribution is 7.91. The third-order valence-electron chi connectivity index (χ3n) is 2.57. The van der Waals surface area contributed by atoms with Crippen LogP contribution >= 0.6 is 0 Å². The van der Waals surface area contributed by atoms with Crippen molar-refractivity contribution in [3.05, 3.63) is 24.0 Å². The van der Waals surface area contributed by atoms with Gasteiger partial charge in [-0.25, -0.2) is 13.4 Å². The van der Waals surface area contributed by atoms with Crippen molar-refractivity contribution in [1.29, 1.82) is 5.26 Å². The lowest BCUT2D eigenvalue weighted by Crippen LogP contribution is -2.40. The normalized spacial score (nSPS) is 19.1. The van der Waals surface area contributed by atoms with Gasteiger partial charge in [0.25, 0.3) is 0 Å². The molecule has 0 atom stereocenters. The molecule has 84 valence electrons. The number of hydrogen-bond acceptors (Lipinski definition) is 5. The maximum Gasteiger partial charge on any atom is 0.153 e. The first-order chi connectivity index (χ1) is 7.61. The van der Waals surface area contributed by atoms with E-state index in [2.05, 4.69) is 4.98 Å². The summed E-state index contributed by atoms with van der Waals surface area (Å²) in [6.45, 7) is 0.967. The molecule has 0 aliphatic carbocycles. The second kappa shape index (κ2) is 4.10. The predicted molar refractivity (Wildman–Crippen MR) is 59.8 cm³/mol. The fourth-order valence-corrected chi connectivity index (χ4v) is 2.85. The lowest BCUT2D eigenvalue weighted by molar-refractivity contribution is 0.587. The highest BCUT2D eigenvalue weighted by atomic mass is 32.2. The van der Waals surface area contributed by atoms with Crippen LogP contribution in [0.5, 0.6) is 0 Å². The second-order valence-electron chi connectivity index (χ2n) is 3.65. The van der Waals surface area contributed by atoms with E-state index >= 15 is 0 Å². The third-order valence-corrected chi connectivity index (χ3v) is 4.18. The van der Waals surface area contributed by atoms with Crippen LogP contribution in [-0.2, 0) is 9.84 Å². The second-order valence-corrected chi connectivity index (χ2v) is 5.95. The zero-order chi connectivity index (χ0) is 11.6. The summed E-state index contributed by atoms with van der Waals surface area (Å²) in [5, 5.41) is 8.72. The fourth-order valence-electron chi connectivity index (χ4n) is 1.65. The van der Waals surface area contributed by atoms with Gasteiger partial charge in [0.1, 0.15) is 11.8 Å². The van der Waals surface area contributed by atoms with Gasteiger partial charge >= 0.3 is 0 Å². The molecule has 0 spiro atoms. The summed E-state index contributed by atoms with van der Waals surface area (Å²) >= 11 is 0. The molecule has 0 bridgehead atoms. The average Bonchev–Trinajstić information content (AvgIpc) is 2.29. The minimum absolute atomic E-state index is 0.178. The van der Waals surface area contributed by atoms with Gasteiger partial charge in [0.2, 0.25) is 0 Å². The van der Waals surface area contributed by atoms with E-state index in [9.17, 15) is 8.42 Å². The Hall–Kier alpha value is -1.61. The Morgan fingerprint density at radius 2 is 2.06 bits per heavy atom. The predicted octanol–water partition coefficient (Wildman–Crippen LogP) is 0.188. The highest BCUT2D eigenvalue weighted by Gasteiger charge is 2.21. The van der Waals surface area contributed by atoms with Gasteiger partial charge in [-0.05, 0) is 12.1 Å². The van der Waals surface area contributed by atoms with Gasteiger partial charge in [0, 0.05) is 25.0 Å². The summed E-state index contributed by atoms with van der Waals surface area (Å²) in [4.78, 5) is 5.84. The van der Waals surface area contributed by atoms with E-state index in [-0.39, 0.29) is 11.5 Å². The molecule has 5 nitrogen and oxygen atoms in total. The smallest absolute Gasteiger partial charge is 0.153 e. The van der Waals surface area contributed by atoms with Crippen LogP contribution in [0, 0.1) is 11.3 Å². The molecule has 0 N–H and O–H groups in total. The van der Waals surface area contributed by atoms with Gasteiger partial charge in [0.05, 0.1) is 11.5 Å². The number of pyridine rings is 1. The monoisotopic (exact) mass is 237 g/mol. The molecule has 0 aromatic carbocycles. The topological polar surface area (TPSA) is 74.1 Å². The van der Waals surface area contributed by atoms with Crippen LogP contribution in [-0.4, -0.2) is 38.0 Å². The molecule has 1 aromatic rings. The quantitative estimate of drug-likeness (QED) is 0.697. The van der Waals surface area contributed by atoms with Crippen molar-refractivity contribution in [1.82, 2.24) is 4.98 Å². The summed E-state index contributed by atoms with van der Waals surface area (Å²) in [7, 11) is -2.86. The Morgan fingerprint density at radius 1 is 1.38 bits per heavy atom. The molecule has 0 amide bonds. The van der Waals surface area contributed by atoms with Gasteiger partial charge < -0.3 is 4.90 Å². The summed E-state index contributed by atoms with van der Waals surface area (Å²) in [5.41, 5.74) is 1.22. The van der Waals surface area contributed by atoms with Crippen LogP contribution < -0.4 is 4.90 Å². The molecule has 2 heterocycles. The van der Waals surface area contributed by atoms with Crippen molar-refractivity contribution in [3.63, 3.8) is 0 Å². The Morgan fingerprint density at radius 3 is 2.69 bits per heavy atom. The van der Waals surface area contributed by atoms with Crippen LogP contribution in [0.4, 0.5) is 5.69 Å². The van der Waals surface area contributed by atoms with Crippen LogP contribution in [0.1, 0.15) is 5.69 Å². The minimum Gasteiger partial charge on any atom is -0.369 e. The maximum atomic E-state index is 11.3. The molecule has 1 saturated heterocycles. The molecule has 16 heavy (non-hydrogen) atoms. The lowest BCUT2D eigenvalue weighted by Gasteiger charge is -2.28. The zero-order valence-electron chi connectivity index (χ0n) is 8.63. The van der Waals surface area contributed by atoms with Crippen LogP contribution in [0.25, 0.3) is 0 Å². The Labute approximate surface area is 94.2 Å². The average molecular weight is 237 g/mol. The van der Waals surface area contributed by atoms with Gasteiger partial charge in [-0.1, -0.05) is 0 Å². The fraction of sp³-hybridized carbons (Fsp3) is 0.400. The first-order valence-electron chi connectivity index (χ1n) is 4.92. The first-order valence-corrected chi connectivity index (χ1v) is 6.74. The minimum atomic E-state index is -2.86. The van der Waals surface area contributed by atoms with Gasteiger partial charge in [-0.2, -0.15) is 5.26 Å². The van der Waals surface area contributed by atoms with E-state index in [0.717, 1.165) is 5.69 Å². The number of nitrogens with zero attached hydrogens (tertiary/aromatic N) is 3. The van der Waals surface area contributed by atoms with Crippen molar-refractivity contribution < 1.29 is 8.42 Å². The van der Waals surface area contributed by atoms with Gasteiger partial charge in [-0.15, -0.1) is 0 Å². The summed E-state index contributed by atoms with van der Waals surface area (Å²) in [5.74, 6) is 0.356. The summed E-state index contributed by atoms with van der Waals surface area (Å²) in [6.07, 6.45) is 1.57. The van der Waals surface area contributed by atoms with Crippen LogP contribution in [0.3, 0.4) is 0 Å². The molecule has 1 aromatic heterocycles. The maximum absolute atomic E-state index is 11.3. The van der Waals surface area contributed by atoms with Crippen molar-refractivity contribution in [2.75, 3.05) is 29.5 Å². The van der Waals surface area contributed by atoms with E-state index in [0.29, 0.717) is 18.8 Å². The van der Waals surface area contributed by atoms with E-state index in [4.69, 9.17) is 5.26 Å². The van der Waals surface area contributed by atoms with E-state index < -0.39 is 9.84 Å². The highest BCUT2D eigenvalue weighted by Crippen LogP contribution is 2.17. The molecule has 1 aliphatic heterocycles. The van der Waals surface area contributed by atoms with Crippen molar-refractivity contribution in [3.8, 4) is 6.07 Å². The number of anilines is 1. The van der Waals surface area contributed by atoms with Crippen LogP contribution in [0.2, 0.25) is 0 Å². The molecule has 0 saturated carbocycles. The Bertz CT molecular complexity index is 519. The van der Waals surface area contributed by atoms with Crippen molar-refractivity contribution in [2.45, 2.75) is 0 Å². The number of rotatable bonds is 1. The number of hydrogen-bond donors (Lipinski definition) is 0. The summed E-state index contributed by atoms with van der Waals surface area (Å²) in [6, 6.07) is 5.44. The Balaban J connectivity index is 2.17. The van der Waals surface area contributed by atoms with E-state index in [1.807, 2.05) is 11.0 Å². The first kappa shape index (κ1) is 10.9. The molecule has 1 fully saturated rings. The number of sulfone groups is 1. The molecule has 0 unspecified atom stereocenters. The van der Waals surface area contributed by atoms with Crippen molar-refractivity contribution >= 4 is 15.5 Å². The van der Waals surface area contributed by atoms with Gasteiger partial charge in [-0.3, -0.25) is 0 Å². The largest absolute Gasteiger partial charge is 0.369 e. The lowest BCUT2D eigenvalue weighted by atomic mass is 10.3. The number of aromatic nitrogens is 1. The molecule has 2 rings (SSSR count). The Kier molecular flexibility index (Phi) is 2.79. The summed E-state index contributed by atoms with van der Waals surface area (Å²) < 4.78 is 22.5. The van der Waals surface area contributed by atoms with E-state index in [1.54, 1.807) is 18.3 Å². The number of nitriles is 1. The van der Waals surface area contributed by atoms with Crippen molar-refractivity contribution in [2.24, 2.45) is 0 Å². The molecule has 1 aliphatic rings. The van der Waals surface area contributed by atoms with E-state index in [1.165, 1.54) is 0 Å². The molecule has 6 heteroatoms. The SMILES string of the molecule is N#Cc1cc(N2CCS(=O)(=O)CC2)ccn1. The van der Waals surface area contributed by atoms with Crippen LogP contribution in [0.15, 0.2) is 18.3 Å². The molecule has 0 radical (unpaired) electrons. The molecular weight excluding hydrogens is 226 g/mol. The standard InChI is InChI=1S/C10H11N3O2S/c11-8-9-7-10(1-2-12-9)13-3-5-16(14,15)6-4-13/h1-2,7H,3-6H2. The third kappa shape index (κ3) is 2.31.